The van der Waals surface area contributed by atoms with Gasteiger partial charge in [-0.15, -0.1) is 0 Å². The van der Waals surface area contributed by atoms with E-state index in [4.69, 9.17) is 0 Å². The molecule has 0 fully saturated rings. The summed E-state index contributed by atoms with van der Waals surface area (Å²) in [6.07, 6.45) is 1.07. The molecule has 0 unspecified atom stereocenters. The molecule has 148 valence electrons. The first-order valence-electron chi connectivity index (χ1n) is 9.16. The molecule has 0 radical (unpaired) electrons. The Labute approximate surface area is 167 Å². The molecule has 2 N–H and O–H groups in total. The van der Waals surface area contributed by atoms with Crippen molar-refractivity contribution in [3.8, 4) is 0 Å². The largest absolute Gasteiger partial charge is 0.334 e. The molecule has 0 aromatic heterocycles. The Morgan fingerprint density at radius 3 is 1.69 bits per heavy atom. The lowest BCUT2D eigenvalue weighted by atomic mass is 9.99. The van der Waals surface area contributed by atoms with E-state index in [2.05, 4.69) is 5.32 Å². The lowest BCUT2D eigenvalue weighted by Crippen LogP contribution is -2.46. The fourth-order valence-electron chi connectivity index (χ4n) is 3.07. The molecule has 0 aliphatic heterocycles. The predicted octanol–water partition coefficient (Wildman–Crippen LogP) is 4.26. The number of carbonyl (C=O) groups excluding carboxylic acids is 2. The number of rotatable bonds is 6. The lowest BCUT2D eigenvalue weighted by Gasteiger charge is -2.19. The molecule has 4 nitrogen and oxygen atoms in total. The Bertz CT molecular complexity index is 917. The normalized spacial score (nSPS) is 10.6. The number of amides is 3. The van der Waals surface area contributed by atoms with E-state index in [9.17, 15) is 18.4 Å². The minimum Gasteiger partial charge on any atom is -0.334 e. The van der Waals surface area contributed by atoms with Crippen molar-refractivity contribution in [2.75, 3.05) is 0 Å². The van der Waals surface area contributed by atoms with Gasteiger partial charge in [0.15, 0.2) is 0 Å². The van der Waals surface area contributed by atoms with E-state index in [1.165, 1.54) is 0 Å². The highest BCUT2D eigenvalue weighted by Crippen LogP contribution is 2.12. The van der Waals surface area contributed by atoms with Crippen LogP contribution in [0.2, 0.25) is 0 Å². The molecule has 0 spiro atoms. The van der Waals surface area contributed by atoms with Crippen molar-refractivity contribution >= 4 is 11.9 Å². The Kier molecular flexibility index (Phi) is 6.68. The molecule has 3 aromatic carbocycles. The van der Waals surface area contributed by atoms with Gasteiger partial charge in [0.1, 0.15) is 17.2 Å². The quantitative estimate of drug-likeness (QED) is 0.656. The Morgan fingerprint density at radius 1 is 0.724 bits per heavy atom. The molecule has 0 aliphatic rings. The van der Waals surface area contributed by atoms with Crippen LogP contribution >= 0.6 is 0 Å². The summed E-state index contributed by atoms with van der Waals surface area (Å²) in [6.45, 7) is 0. The number of urea groups is 1. The van der Waals surface area contributed by atoms with Crippen molar-refractivity contribution in [1.82, 2.24) is 10.6 Å². The van der Waals surface area contributed by atoms with Crippen molar-refractivity contribution in [3.63, 3.8) is 0 Å². The van der Waals surface area contributed by atoms with Gasteiger partial charge in [-0.3, -0.25) is 10.1 Å². The third kappa shape index (κ3) is 5.72. The van der Waals surface area contributed by atoms with E-state index in [1.54, 1.807) is 0 Å². The van der Waals surface area contributed by atoms with E-state index in [-0.39, 0.29) is 6.04 Å². The Hall–Kier alpha value is -3.54. The summed E-state index contributed by atoms with van der Waals surface area (Å²) in [7, 11) is 0. The van der Waals surface area contributed by atoms with Gasteiger partial charge in [0.25, 0.3) is 5.91 Å². The maximum Gasteiger partial charge on any atom is 0.321 e. The van der Waals surface area contributed by atoms with Crippen LogP contribution in [0.15, 0.2) is 78.9 Å². The highest BCUT2D eigenvalue weighted by molar-refractivity contribution is 6.04. The SMILES string of the molecule is O=C(NC(=O)c1c(F)cccc1F)NC(Cc1ccccc1)Cc1ccccc1. The standard InChI is InChI=1S/C23H20F2N2O2/c24-19-12-7-13-20(25)21(19)22(28)27-23(29)26-18(14-16-8-3-1-4-9-16)15-17-10-5-2-6-11-17/h1-13,18H,14-15H2,(H2,26,27,28,29). The van der Waals surface area contributed by atoms with Gasteiger partial charge in [-0.1, -0.05) is 66.7 Å². The molecule has 3 aromatic rings. The van der Waals surface area contributed by atoms with Gasteiger partial charge in [0, 0.05) is 6.04 Å². The molecule has 0 saturated heterocycles. The number of nitrogens with one attached hydrogen (secondary N) is 2. The first-order chi connectivity index (χ1) is 14.0. The van der Waals surface area contributed by atoms with Crippen molar-refractivity contribution < 1.29 is 18.4 Å². The second-order valence-electron chi connectivity index (χ2n) is 6.60. The van der Waals surface area contributed by atoms with E-state index in [1.807, 2.05) is 66.0 Å². The summed E-state index contributed by atoms with van der Waals surface area (Å²) in [5.74, 6) is -3.18. The second kappa shape index (κ2) is 9.59. The van der Waals surface area contributed by atoms with Crippen LogP contribution in [0, 0.1) is 11.6 Å². The zero-order chi connectivity index (χ0) is 20.6. The minimum atomic E-state index is -1.13. The fourth-order valence-corrected chi connectivity index (χ4v) is 3.07. The first kappa shape index (κ1) is 20.2. The molecule has 0 bridgehead atoms. The van der Waals surface area contributed by atoms with Crippen molar-refractivity contribution in [1.29, 1.82) is 0 Å². The van der Waals surface area contributed by atoms with Gasteiger partial charge in [-0.25, -0.2) is 13.6 Å². The molecule has 6 heteroatoms. The molecular weight excluding hydrogens is 374 g/mol. The second-order valence-corrected chi connectivity index (χ2v) is 6.60. The van der Waals surface area contributed by atoms with Crippen molar-refractivity contribution in [2.24, 2.45) is 0 Å². The number of imide groups is 1. The summed E-state index contributed by atoms with van der Waals surface area (Å²) in [6, 6.07) is 21.1. The summed E-state index contributed by atoms with van der Waals surface area (Å²) < 4.78 is 27.5. The molecule has 0 saturated carbocycles. The number of hydrogen-bond donors (Lipinski definition) is 2. The summed E-state index contributed by atoms with van der Waals surface area (Å²) in [5, 5.41) is 4.75. The maximum atomic E-state index is 13.8. The van der Waals surface area contributed by atoms with Crippen LogP contribution in [-0.4, -0.2) is 18.0 Å². The molecule has 3 amide bonds. The third-order valence-electron chi connectivity index (χ3n) is 4.40. The van der Waals surface area contributed by atoms with Crippen LogP contribution < -0.4 is 10.6 Å². The third-order valence-corrected chi connectivity index (χ3v) is 4.40. The maximum absolute atomic E-state index is 13.8. The van der Waals surface area contributed by atoms with E-state index in [0.717, 1.165) is 29.3 Å². The Balaban J connectivity index is 1.70. The van der Waals surface area contributed by atoms with Gasteiger partial charge in [0.05, 0.1) is 0 Å². The number of carbonyl (C=O) groups is 2. The van der Waals surface area contributed by atoms with Crippen LogP contribution in [0.1, 0.15) is 21.5 Å². The summed E-state index contributed by atoms with van der Waals surface area (Å²) >= 11 is 0. The van der Waals surface area contributed by atoms with Gasteiger partial charge >= 0.3 is 6.03 Å². The summed E-state index contributed by atoms with van der Waals surface area (Å²) in [4.78, 5) is 24.5. The molecule has 3 rings (SSSR count). The average molecular weight is 394 g/mol. The van der Waals surface area contributed by atoms with Gasteiger partial charge in [-0.2, -0.15) is 0 Å². The zero-order valence-corrected chi connectivity index (χ0v) is 15.6. The molecule has 0 aliphatic carbocycles. The topological polar surface area (TPSA) is 58.2 Å². The van der Waals surface area contributed by atoms with Crippen LogP contribution in [0.5, 0.6) is 0 Å². The highest BCUT2D eigenvalue weighted by Gasteiger charge is 2.21. The lowest BCUT2D eigenvalue weighted by molar-refractivity contribution is 0.0955. The number of hydrogen-bond acceptors (Lipinski definition) is 2. The number of halogens is 2. The molecule has 0 atom stereocenters. The van der Waals surface area contributed by atoms with Crippen molar-refractivity contribution in [3.05, 3.63) is 107 Å². The van der Waals surface area contributed by atoms with Crippen LogP contribution in [-0.2, 0) is 12.8 Å². The fraction of sp³-hybridized carbons (Fsp3) is 0.130. The monoisotopic (exact) mass is 394 g/mol. The van der Waals surface area contributed by atoms with Crippen LogP contribution in [0.3, 0.4) is 0 Å². The van der Waals surface area contributed by atoms with Crippen LogP contribution in [0.25, 0.3) is 0 Å². The molecular formula is C23H20F2N2O2. The van der Waals surface area contributed by atoms with Gasteiger partial charge in [0.2, 0.25) is 0 Å². The van der Waals surface area contributed by atoms with Crippen molar-refractivity contribution in [2.45, 2.75) is 18.9 Å². The molecule has 0 heterocycles. The van der Waals surface area contributed by atoms with Gasteiger partial charge in [-0.05, 0) is 36.1 Å². The average Bonchev–Trinajstić information content (AvgIpc) is 2.69. The van der Waals surface area contributed by atoms with Gasteiger partial charge < -0.3 is 5.32 Å². The minimum absolute atomic E-state index is 0.321. The van der Waals surface area contributed by atoms with E-state index >= 15 is 0 Å². The first-order valence-corrected chi connectivity index (χ1v) is 9.16. The van der Waals surface area contributed by atoms with E-state index < -0.39 is 29.1 Å². The van der Waals surface area contributed by atoms with E-state index in [0.29, 0.717) is 12.8 Å². The highest BCUT2D eigenvalue weighted by atomic mass is 19.1. The summed E-state index contributed by atoms with van der Waals surface area (Å²) in [5.41, 5.74) is 1.24. The molecule has 29 heavy (non-hydrogen) atoms. The smallest absolute Gasteiger partial charge is 0.321 e. The van der Waals surface area contributed by atoms with Crippen LogP contribution in [0.4, 0.5) is 13.6 Å². The predicted molar refractivity (Wildman–Crippen MR) is 106 cm³/mol. The number of benzene rings is 3. The zero-order valence-electron chi connectivity index (χ0n) is 15.6. The Morgan fingerprint density at radius 2 is 1.21 bits per heavy atom.